The van der Waals surface area contributed by atoms with Crippen LogP contribution in [0.3, 0.4) is 0 Å². The number of hydrogen-bond donors (Lipinski definition) is 2. The summed E-state index contributed by atoms with van der Waals surface area (Å²) in [7, 11) is 0. The highest BCUT2D eigenvalue weighted by Gasteiger charge is 2.30. The van der Waals surface area contributed by atoms with Gasteiger partial charge in [-0.05, 0) is 12.0 Å². The molecule has 0 aromatic heterocycles. The number of nitrogens with zero attached hydrogens (tertiary/aromatic N) is 2. The van der Waals surface area contributed by atoms with Crippen molar-refractivity contribution in [1.29, 1.82) is 0 Å². The van der Waals surface area contributed by atoms with Crippen molar-refractivity contribution in [3.8, 4) is 0 Å². The molecule has 0 saturated heterocycles. The molecule has 1 aromatic carbocycles. The van der Waals surface area contributed by atoms with E-state index in [9.17, 15) is 15.0 Å². The Balaban J connectivity index is 2.12. The lowest BCUT2D eigenvalue weighted by Gasteiger charge is -2.28. The van der Waals surface area contributed by atoms with Crippen molar-refractivity contribution in [2.75, 3.05) is 6.54 Å². The number of aliphatic hydroxyl groups excluding tert-OH is 2. The van der Waals surface area contributed by atoms with Crippen LogP contribution in [0.5, 0.6) is 0 Å². The summed E-state index contributed by atoms with van der Waals surface area (Å²) in [5.41, 5.74) is 1.56. The Morgan fingerprint density at radius 1 is 1.38 bits per heavy atom. The summed E-state index contributed by atoms with van der Waals surface area (Å²) in [6.07, 6.45) is 1.04. The molecule has 2 unspecified atom stereocenters. The Bertz CT molecular complexity index is 502. The fourth-order valence-electron chi connectivity index (χ4n) is 2.35. The maximum Gasteiger partial charge on any atom is 0.271 e. The van der Waals surface area contributed by atoms with Crippen molar-refractivity contribution in [2.45, 2.75) is 44.8 Å². The van der Waals surface area contributed by atoms with Crippen molar-refractivity contribution in [1.82, 2.24) is 5.01 Å². The Kier molecular flexibility index (Phi) is 5.47. The second-order valence-electron chi connectivity index (χ2n) is 5.35. The molecular weight excluding hydrogens is 268 g/mol. The van der Waals surface area contributed by atoms with E-state index in [1.165, 1.54) is 5.01 Å². The van der Waals surface area contributed by atoms with Crippen molar-refractivity contribution < 1.29 is 15.0 Å². The molecule has 0 aliphatic carbocycles. The number of hydrogen-bond acceptors (Lipinski definition) is 4. The molecule has 114 valence electrons. The molecule has 0 fully saturated rings. The van der Waals surface area contributed by atoms with Crippen LogP contribution in [0, 0.1) is 0 Å². The number of unbranched alkanes of at least 4 members (excludes halogenated alkanes) is 1. The van der Waals surface area contributed by atoms with Gasteiger partial charge in [0.15, 0.2) is 0 Å². The van der Waals surface area contributed by atoms with Crippen LogP contribution in [-0.4, -0.2) is 45.6 Å². The summed E-state index contributed by atoms with van der Waals surface area (Å²) in [5, 5.41) is 25.4. The number of benzene rings is 1. The Morgan fingerprint density at radius 3 is 2.76 bits per heavy atom. The summed E-state index contributed by atoms with van der Waals surface area (Å²) in [6, 6.07) is 9.48. The van der Waals surface area contributed by atoms with Gasteiger partial charge < -0.3 is 10.2 Å². The van der Waals surface area contributed by atoms with Crippen LogP contribution in [0.4, 0.5) is 0 Å². The Labute approximate surface area is 124 Å². The van der Waals surface area contributed by atoms with Crippen LogP contribution in [0.15, 0.2) is 35.4 Å². The number of rotatable bonds is 6. The van der Waals surface area contributed by atoms with Crippen LogP contribution in [-0.2, 0) is 4.79 Å². The summed E-state index contributed by atoms with van der Waals surface area (Å²) < 4.78 is 0. The molecule has 1 aliphatic heterocycles. The molecule has 21 heavy (non-hydrogen) atoms. The normalized spacial score (nSPS) is 20.3. The van der Waals surface area contributed by atoms with Gasteiger partial charge in [0, 0.05) is 6.42 Å². The third-order valence-electron chi connectivity index (χ3n) is 3.55. The Morgan fingerprint density at radius 2 is 2.10 bits per heavy atom. The number of β-amino-alcohol motifs (C(OH)–C–C–N with tert-alkyl or cyclic N) is 1. The van der Waals surface area contributed by atoms with Gasteiger partial charge in [-0.3, -0.25) is 4.79 Å². The summed E-state index contributed by atoms with van der Waals surface area (Å²) >= 11 is 0. The molecule has 0 spiro atoms. The first-order valence-electron chi connectivity index (χ1n) is 7.42. The summed E-state index contributed by atoms with van der Waals surface area (Å²) in [5.74, 6) is -0.440. The molecular formula is C16H22N2O3. The van der Waals surface area contributed by atoms with E-state index < -0.39 is 18.1 Å². The molecule has 0 bridgehead atoms. The minimum absolute atomic E-state index is 0.131. The first kappa shape index (κ1) is 15.7. The van der Waals surface area contributed by atoms with Crippen molar-refractivity contribution >= 4 is 11.6 Å². The van der Waals surface area contributed by atoms with Crippen molar-refractivity contribution in [3.05, 3.63) is 35.9 Å². The van der Waals surface area contributed by atoms with Crippen LogP contribution in [0.2, 0.25) is 0 Å². The predicted molar refractivity (Wildman–Crippen MR) is 80.8 cm³/mol. The van der Waals surface area contributed by atoms with E-state index in [1.54, 1.807) is 0 Å². The summed E-state index contributed by atoms with van der Waals surface area (Å²) in [4.78, 5) is 12.0. The van der Waals surface area contributed by atoms with E-state index in [-0.39, 0.29) is 13.0 Å². The zero-order valence-electron chi connectivity index (χ0n) is 12.3. The van der Waals surface area contributed by atoms with E-state index >= 15 is 0 Å². The van der Waals surface area contributed by atoms with Gasteiger partial charge in [0.05, 0.1) is 18.4 Å². The zero-order chi connectivity index (χ0) is 15.2. The fraction of sp³-hybridized carbons (Fsp3) is 0.500. The van der Waals surface area contributed by atoms with E-state index in [1.807, 2.05) is 37.3 Å². The van der Waals surface area contributed by atoms with E-state index in [4.69, 9.17) is 0 Å². The summed E-state index contributed by atoms with van der Waals surface area (Å²) in [6.45, 7) is 2.18. The molecule has 1 heterocycles. The van der Waals surface area contributed by atoms with Crippen LogP contribution >= 0.6 is 0 Å². The second kappa shape index (κ2) is 7.33. The fourth-order valence-corrected chi connectivity index (χ4v) is 2.35. The minimum atomic E-state index is -1.09. The highest BCUT2D eigenvalue weighted by molar-refractivity contribution is 6.05. The molecule has 0 saturated carbocycles. The van der Waals surface area contributed by atoms with Crippen LogP contribution < -0.4 is 0 Å². The van der Waals surface area contributed by atoms with Crippen molar-refractivity contribution in [2.24, 2.45) is 5.10 Å². The molecule has 2 atom stereocenters. The maximum absolute atomic E-state index is 12.0. The number of amides is 1. The quantitative estimate of drug-likeness (QED) is 0.834. The number of carbonyl (C=O) groups is 1. The van der Waals surface area contributed by atoms with Gasteiger partial charge in [0.1, 0.15) is 6.10 Å². The zero-order valence-corrected chi connectivity index (χ0v) is 12.3. The van der Waals surface area contributed by atoms with Gasteiger partial charge in [-0.25, -0.2) is 5.01 Å². The van der Waals surface area contributed by atoms with E-state index in [0.717, 1.165) is 18.4 Å². The van der Waals surface area contributed by atoms with Gasteiger partial charge in [0.25, 0.3) is 5.91 Å². The lowest BCUT2D eigenvalue weighted by atomic mass is 10.0. The van der Waals surface area contributed by atoms with Gasteiger partial charge in [-0.15, -0.1) is 0 Å². The Hall–Kier alpha value is -1.72. The standard InChI is InChI=1S/C16H22N2O3/c1-2-3-9-13(19)11-18-16(21)15(20)10-14(17-18)12-7-5-4-6-8-12/h4-8,13,15,19-20H,2-3,9-11H2,1H3. The molecule has 1 aliphatic rings. The monoisotopic (exact) mass is 290 g/mol. The smallest absolute Gasteiger partial charge is 0.271 e. The van der Waals surface area contributed by atoms with E-state index in [0.29, 0.717) is 12.1 Å². The molecule has 2 N–H and O–H groups in total. The third-order valence-corrected chi connectivity index (χ3v) is 3.55. The number of hydrazone groups is 1. The highest BCUT2D eigenvalue weighted by Crippen LogP contribution is 2.17. The molecule has 1 aromatic rings. The van der Waals surface area contributed by atoms with Gasteiger partial charge >= 0.3 is 0 Å². The van der Waals surface area contributed by atoms with E-state index in [2.05, 4.69) is 5.10 Å². The number of carbonyl (C=O) groups excluding carboxylic acids is 1. The molecule has 5 nitrogen and oxygen atoms in total. The molecule has 5 heteroatoms. The highest BCUT2D eigenvalue weighted by atomic mass is 16.3. The predicted octanol–water partition coefficient (Wildman–Crippen LogP) is 1.53. The van der Waals surface area contributed by atoms with Gasteiger partial charge in [0.2, 0.25) is 0 Å². The molecule has 2 rings (SSSR count). The lowest BCUT2D eigenvalue weighted by molar-refractivity contribution is -0.142. The third kappa shape index (κ3) is 4.12. The molecule has 0 radical (unpaired) electrons. The first-order chi connectivity index (χ1) is 10.1. The molecule has 1 amide bonds. The van der Waals surface area contributed by atoms with Crippen molar-refractivity contribution in [3.63, 3.8) is 0 Å². The largest absolute Gasteiger partial charge is 0.391 e. The lowest BCUT2D eigenvalue weighted by Crippen LogP contribution is -2.45. The number of aliphatic hydroxyl groups is 2. The van der Waals surface area contributed by atoms with Gasteiger partial charge in [-0.2, -0.15) is 5.10 Å². The maximum atomic E-state index is 12.0. The topological polar surface area (TPSA) is 73.1 Å². The average Bonchev–Trinajstić information content (AvgIpc) is 2.50. The minimum Gasteiger partial charge on any atom is -0.391 e. The van der Waals surface area contributed by atoms with Gasteiger partial charge in [-0.1, -0.05) is 50.1 Å². The van der Waals surface area contributed by atoms with Crippen LogP contribution in [0.1, 0.15) is 38.2 Å². The second-order valence-corrected chi connectivity index (χ2v) is 5.35. The van der Waals surface area contributed by atoms with Crippen LogP contribution in [0.25, 0.3) is 0 Å². The SMILES string of the molecule is CCCCC(O)CN1N=C(c2ccccc2)CC(O)C1=O. The first-order valence-corrected chi connectivity index (χ1v) is 7.42. The average molecular weight is 290 g/mol.